The van der Waals surface area contributed by atoms with Crippen LogP contribution >= 0.6 is 11.3 Å². The van der Waals surface area contributed by atoms with E-state index >= 15 is 0 Å². The van der Waals surface area contributed by atoms with Crippen molar-refractivity contribution in [3.8, 4) is 0 Å². The minimum atomic E-state index is -0.505. The summed E-state index contributed by atoms with van der Waals surface area (Å²) in [4.78, 5) is 30.8. The second-order valence-electron chi connectivity index (χ2n) is 5.71. The molecule has 0 bridgehead atoms. The Labute approximate surface area is 141 Å². The molecule has 0 aliphatic carbocycles. The van der Waals surface area contributed by atoms with Crippen LogP contribution in [0.4, 0.5) is 5.69 Å². The summed E-state index contributed by atoms with van der Waals surface area (Å²) in [7, 11) is 1.80. The molecule has 8 heteroatoms. The van der Waals surface area contributed by atoms with Crippen molar-refractivity contribution in [1.29, 1.82) is 0 Å². The summed E-state index contributed by atoms with van der Waals surface area (Å²) < 4.78 is 2.61. The van der Waals surface area contributed by atoms with Crippen LogP contribution < -0.4 is 10.2 Å². The zero-order valence-corrected chi connectivity index (χ0v) is 13.8. The van der Waals surface area contributed by atoms with E-state index in [1.54, 1.807) is 46.7 Å². The second-order valence-corrected chi connectivity index (χ2v) is 6.60. The first-order valence-corrected chi connectivity index (χ1v) is 8.44. The molecule has 1 aliphatic heterocycles. The molecule has 24 heavy (non-hydrogen) atoms. The highest BCUT2D eigenvalue weighted by Crippen LogP contribution is 2.22. The standard InChI is InChI=1S/C16H15N5O2S/c1-20-8-11(7-18-20)21-5-4-13(16(21)23)19-15(22)10-2-3-12-14(6-10)24-9-17-12/h2-3,6-9,13H,4-5H2,1H3,(H,19,22)/t13-/m0/s1. The summed E-state index contributed by atoms with van der Waals surface area (Å²) in [6.07, 6.45) is 4.03. The molecule has 2 aromatic heterocycles. The number of fused-ring (bicyclic) bond motifs is 1. The Kier molecular flexibility index (Phi) is 3.53. The first-order chi connectivity index (χ1) is 11.6. The molecular formula is C16H15N5O2S. The van der Waals surface area contributed by atoms with Gasteiger partial charge in [0.2, 0.25) is 5.91 Å². The summed E-state index contributed by atoms with van der Waals surface area (Å²) in [5.74, 6) is -0.341. The molecule has 3 heterocycles. The summed E-state index contributed by atoms with van der Waals surface area (Å²) in [6.45, 7) is 0.573. The predicted octanol–water partition coefficient (Wildman–Crippen LogP) is 1.57. The third-order valence-corrected chi connectivity index (χ3v) is 4.90. The lowest BCUT2D eigenvalue weighted by molar-refractivity contribution is -0.118. The molecule has 2 amide bonds. The number of thiazole rings is 1. The van der Waals surface area contributed by atoms with Gasteiger partial charge in [-0.25, -0.2) is 4.98 Å². The van der Waals surface area contributed by atoms with Crippen LogP contribution in [0.1, 0.15) is 16.8 Å². The van der Waals surface area contributed by atoms with E-state index in [1.807, 2.05) is 6.07 Å². The third-order valence-electron chi connectivity index (χ3n) is 4.11. The molecule has 0 spiro atoms. The number of aryl methyl sites for hydroxylation is 1. The maximum atomic E-state index is 12.5. The Morgan fingerprint density at radius 3 is 3.08 bits per heavy atom. The lowest BCUT2D eigenvalue weighted by Crippen LogP contribution is -2.41. The number of hydrogen-bond donors (Lipinski definition) is 1. The SMILES string of the molecule is Cn1cc(N2CC[C@H](NC(=O)c3ccc4ncsc4c3)C2=O)cn1. The van der Waals surface area contributed by atoms with Gasteiger partial charge >= 0.3 is 0 Å². The lowest BCUT2D eigenvalue weighted by Gasteiger charge is -2.15. The fraction of sp³-hybridized carbons (Fsp3) is 0.250. The van der Waals surface area contributed by atoms with Gasteiger partial charge in [0.15, 0.2) is 0 Å². The first kappa shape index (κ1) is 14.8. The average Bonchev–Trinajstić information content (AvgIpc) is 3.28. The molecule has 0 radical (unpaired) electrons. The van der Waals surface area contributed by atoms with Crippen LogP contribution in [0.15, 0.2) is 36.1 Å². The highest BCUT2D eigenvalue weighted by Gasteiger charge is 2.34. The van der Waals surface area contributed by atoms with Gasteiger partial charge < -0.3 is 10.2 Å². The molecular weight excluding hydrogens is 326 g/mol. The van der Waals surface area contributed by atoms with Crippen molar-refractivity contribution in [3.05, 3.63) is 41.7 Å². The van der Waals surface area contributed by atoms with Crippen molar-refractivity contribution < 1.29 is 9.59 Å². The number of rotatable bonds is 3. The maximum absolute atomic E-state index is 12.5. The average molecular weight is 341 g/mol. The maximum Gasteiger partial charge on any atom is 0.251 e. The number of nitrogens with one attached hydrogen (secondary N) is 1. The van der Waals surface area contributed by atoms with E-state index in [0.29, 0.717) is 18.5 Å². The topological polar surface area (TPSA) is 80.1 Å². The van der Waals surface area contributed by atoms with E-state index in [9.17, 15) is 9.59 Å². The van der Waals surface area contributed by atoms with E-state index in [-0.39, 0.29) is 11.8 Å². The monoisotopic (exact) mass is 341 g/mol. The number of carbonyl (C=O) groups excluding carboxylic acids is 2. The Morgan fingerprint density at radius 2 is 2.29 bits per heavy atom. The van der Waals surface area contributed by atoms with Gasteiger partial charge in [0, 0.05) is 25.4 Å². The summed E-state index contributed by atoms with van der Waals surface area (Å²) >= 11 is 1.49. The van der Waals surface area contributed by atoms with Crippen molar-refractivity contribution in [2.75, 3.05) is 11.4 Å². The van der Waals surface area contributed by atoms with Gasteiger partial charge in [0.25, 0.3) is 5.91 Å². The molecule has 1 aliphatic rings. The van der Waals surface area contributed by atoms with Crippen molar-refractivity contribution in [1.82, 2.24) is 20.1 Å². The molecule has 0 saturated carbocycles. The summed E-state index contributed by atoms with van der Waals surface area (Å²) in [6, 6.07) is 4.85. The van der Waals surface area contributed by atoms with Crippen LogP contribution in [0.3, 0.4) is 0 Å². The highest BCUT2D eigenvalue weighted by atomic mass is 32.1. The van der Waals surface area contributed by atoms with E-state index in [4.69, 9.17) is 0 Å². The molecule has 1 N–H and O–H groups in total. The van der Waals surface area contributed by atoms with Crippen molar-refractivity contribution >= 4 is 39.1 Å². The van der Waals surface area contributed by atoms with Gasteiger partial charge in [-0.05, 0) is 24.6 Å². The second kappa shape index (κ2) is 5.72. The van der Waals surface area contributed by atoms with Crippen molar-refractivity contribution in [2.45, 2.75) is 12.5 Å². The van der Waals surface area contributed by atoms with Gasteiger partial charge in [-0.3, -0.25) is 14.3 Å². The highest BCUT2D eigenvalue weighted by molar-refractivity contribution is 7.16. The Bertz CT molecular complexity index is 931. The zero-order chi connectivity index (χ0) is 16.7. The number of nitrogens with zero attached hydrogens (tertiary/aromatic N) is 4. The van der Waals surface area contributed by atoms with Crippen LogP contribution in [-0.2, 0) is 11.8 Å². The smallest absolute Gasteiger partial charge is 0.251 e. The molecule has 3 aromatic rings. The lowest BCUT2D eigenvalue weighted by atomic mass is 10.1. The van der Waals surface area contributed by atoms with Gasteiger partial charge in [-0.2, -0.15) is 5.10 Å². The Balaban J connectivity index is 1.48. The van der Waals surface area contributed by atoms with Crippen LogP contribution in [0, 0.1) is 0 Å². The molecule has 1 aromatic carbocycles. The van der Waals surface area contributed by atoms with Gasteiger partial charge in [-0.15, -0.1) is 11.3 Å². The predicted molar refractivity (Wildman–Crippen MR) is 91.1 cm³/mol. The van der Waals surface area contributed by atoms with Crippen LogP contribution in [0.25, 0.3) is 10.2 Å². The minimum absolute atomic E-state index is 0.102. The molecule has 1 saturated heterocycles. The van der Waals surface area contributed by atoms with Gasteiger partial charge in [-0.1, -0.05) is 0 Å². The quantitative estimate of drug-likeness (QED) is 0.784. The molecule has 1 fully saturated rings. The van der Waals surface area contributed by atoms with E-state index < -0.39 is 6.04 Å². The molecule has 7 nitrogen and oxygen atoms in total. The van der Waals surface area contributed by atoms with Crippen molar-refractivity contribution in [3.63, 3.8) is 0 Å². The number of carbonyl (C=O) groups is 2. The van der Waals surface area contributed by atoms with Crippen LogP contribution in [-0.4, -0.2) is 39.2 Å². The normalized spacial score (nSPS) is 17.6. The van der Waals surface area contributed by atoms with Gasteiger partial charge in [0.1, 0.15) is 6.04 Å². The molecule has 0 unspecified atom stereocenters. The van der Waals surface area contributed by atoms with E-state index in [1.165, 1.54) is 11.3 Å². The first-order valence-electron chi connectivity index (χ1n) is 7.56. The zero-order valence-electron chi connectivity index (χ0n) is 13.0. The number of benzene rings is 1. The Hall–Kier alpha value is -2.74. The minimum Gasteiger partial charge on any atom is -0.340 e. The largest absolute Gasteiger partial charge is 0.340 e. The number of amides is 2. The fourth-order valence-corrected chi connectivity index (χ4v) is 3.57. The number of anilines is 1. The van der Waals surface area contributed by atoms with Gasteiger partial charge in [0.05, 0.1) is 27.6 Å². The summed E-state index contributed by atoms with van der Waals surface area (Å²) in [5, 5.41) is 6.92. The molecule has 122 valence electrons. The van der Waals surface area contributed by atoms with Crippen LogP contribution in [0.5, 0.6) is 0 Å². The third kappa shape index (κ3) is 2.54. The number of hydrogen-bond acceptors (Lipinski definition) is 5. The number of aromatic nitrogens is 3. The molecule has 4 rings (SSSR count). The van der Waals surface area contributed by atoms with E-state index in [0.717, 1.165) is 15.9 Å². The Morgan fingerprint density at radius 1 is 1.42 bits per heavy atom. The molecule has 1 atom stereocenters. The summed E-state index contributed by atoms with van der Waals surface area (Å²) in [5.41, 5.74) is 3.92. The fourth-order valence-electron chi connectivity index (χ4n) is 2.86. The van der Waals surface area contributed by atoms with Crippen LogP contribution in [0.2, 0.25) is 0 Å². The van der Waals surface area contributed by atoms with E-state index in [2.05, 4.69) is 15.4 Å². The van der Waals surface area contributed by atoms with Crippen molar-refractivity contribution in [2.24, 2.45) is 7.05 Å².